The van der Waals surface area contributed by atoms with Gasteiger partial charge in [0.15, 0.2) is 5.82 Å². The first kappa shape index (κ1) is 19.9. The molecular formula is C18H13BrN6O4S. The normalized spacial score (nSPS) is 11.0. The highest BCUT2D eigenvalue weighted by molar-refractivity contribution is 9.10. The fourth-order valence-electron chi connectivity index (χ4n) is 2.88. The van der Waals surface area contributed by atoms with Crippen molar-refractivity contribution in [3.05, 3.63) is 72.4 Å². The number of fused-ring (bicyclic) bond motifs is 1. The van der Waals surface area contributed by atoms with Crippen LogP contribution in [-0.4, -0.2) is 30.3 Å². The van der Waals surface area contributed by atoms with Gasteiger partial charge in [0, 0.05) is 0 Å². The van der Waals surface area contributed by atoms with Crippen LogP contribution in [-0.2, 0) is 11.3 Å². The van der Waals surface area contributed by atoms with Crippen LogP contribution in [0.5, 0.6) is 0 Å². The third-order valence-corrected chi connectivity index (χ3v) is 6.13. The lowest BCUT2D eigenvalue weighted by Crippen LogP contribution is -2.36. The Hall–Kier alpha value is -3.38. The number of carbonyl (C=O) groups excluding carboxylic acids is 1. The van der Waals surface area contributed by atoms with Gasteiger partial charge >= 0.3 is 5.82 Å². The molecule has 10 nitrogen and oxygen atoms in total. The molecule has 0 fully saturated rings. The second-order valence-corrected chi connectivity index (χ2v) is 7.98. The maximum absolute atomic E-state index is 13.0. The molecule has 1 aromatic carbocycles. The number of aromatic nitrogens is 4. The average Bonchev–Trinajstić information content (AvgIpc) is 3.34. The Bertz CT molecular complexity index is 1340. The lowest BCUT2D eigenvalue weighted by molar-refractivity contribution is -0.390. The van der Waals surface area contributed by atoms with Gasteiger partial charge < -0.3 is 10.1 Å². The van der Waals surface area contributed by atoms with Crippen LogP contribution < -0.4 is 11.0 Å². The van der Waals surface area contributed by atoms with E-state index in [1.165, 1.54) is 16.0 Å². The van der Waals surface area contributed by atoms with Gasteiger partial charge in [-0.25, -0.2) is 4.98 Å². The molecule has 0 aliphatic heterocycles. The number of para-hydroxylation sites is 1. The smallest absolute Gasteiger partial charge is 0.358 e. The van der Waals surface area contributed by atoms with Crippen LogP contribution in [0.4, 0.5) is 5.82 Å². The van der Waals surface area contributed by atoms with E-state index in [-0.39, 0.29) is 16.8 Å². The SMILES string of the molecule is Cc1c(Br)c([N+](=O)[O-])nn1CC(=O)Nn1c(-c2cccs2)nc2ccccc2c1=O. The highest BCUT2D eigenvalue weighted by atomic mass is 79.9. The number of hydrogen-bond acceptors (Lipinski definition) is 7. The van der Waals surface area contributed by atoms with Crippen LogP contribution in [0.1, 0.15) is 5.69 Å². The topological polar surface area (TPSA) is 125 Å². The molecule has 4 aromatic rings. The summed E-state index contributed by atoms with van der Waals surface area (Å²) < 4.78 is 2.49. The van der Waals surface area contributed by atoms with Gasteiger partial charge in [-0.15, -0.1) is 11.3 Å². The van der Waals surface area contributed by atoms with Crippen LogP contribution in [0.15, 0.2) is 51.0 Å². The number of benzene rings is 1. The van der Waals surface area contributed by atoms with Crippen molar-refractivity contribution < 1.29 is 9.72 Å². The second-order valence-electron chi connectivity index (χ2n) is 6.24. The molecule has 3 aromatic heterocycles. The summed E-state index contributed by atoms with van der Waals surface area (Å²) in [6, 6.07) is 10.5. The minimum absolute atomic E-state index is 0.198. The van der Waals surface area contributed by atoms with Gasteiger partial charge in [-0.2, -0.15) is 9.36 Å². The monoisotopic (exact) mass is 488 g/mol. The Morgan fingerprint density at radius 1 is 1.30 bits per heavy atom. The number of amides is 1. The Labute approximate surface area is 181 Å². The Morgan fingerprint density at radius 3 is 2.73 bits per heavy atom. The average molecular weight is 489 g/mol. The zero-order valence-corrected chi connectivity index (χ0v) is 17.8. The van der Waals surface area contributed by atoms with Gasteiger partial charge in [0.1, 0.15) is 11.0 Å². The lowest BCUT2D eigenvalue weighted by atomic mass is 10.2. The first-order valence-electron chi connectivity index (χ1n) is 8.59. The molecule has 0 spiro atoms. The van der Waals surface area contributed by atoms with Crippen molar-refractivity contribution in [2.45, 2.75) is 13.5 Å². The quantitative estimate of drug-likeness (QED) is 0.339. The largest absolute Gasteiger partial charge is 0.404 e. The zero-order valence-electron chi connectivity index (χ0n) is 15.4. The minimum Gasteiger partial charge on any atom is -0.358 e. The molecule has 0 aliphatic rings. The summed E-state index contributed by atoms with van der Waals surface area (Å²) in [7, 11) is 0. The van der Waals surface area contributed by atoms with E-state index >= 15 is 0 Å². The summed E-state index contributed by atoms with van der Waals surface area (Å²) in [5.41, 5.74) is 3.06. The van der Waals surface area contributed by atoms with Crippen molar-refractivity contribution in [3.8, 4) is 10.7 Å². The number of hydrogen-bond donors (Lipinski definition) is 1. The highest BCUT2D eigenvalue weighted by Crippen LogP contribution is 2.27. The number of thiophene rings is 1. The number of nitrogens with one attached hydrogen (secondary N) is 1. The number of nitro groups is 1. The van der Waals surface area contributed by atoms with E-state index in [1.54, 1.807) is 37.3 Å². The van der Waals surface area contributed by atoms with Crippen LogP contribution in [0.3, 0.4) is 0 Å². The maximum atomic E-state index is 13.0. The van der Waals surface area contributed by atoms with Gasteiger partial charge in [-0.3, -0.25) is 15.0 Å². The van der Waals surface area contributed by atoms with Gasteiger partial charge in [0.25, 0.3) is 11.5 Å². The summed E-state index contributed by atoms with van der Waals surface area (Å²) in [6.07, 6.45) is 0. The molecular weight excluding hydrogens is 476 g/mol. The van der Waals surface area contributed by atoms with E-state index in [0.717, 1.165) is 4.68 Å². The lowest BCUT2D eigenvalue weighted by Gasteiger charge is -2.13. The van der Waals surface area contributed by atoms with Gasteiger partial charge in [-0.1, -0.05) is 18.2 Å². The van der Waals surface area contributed by atoms with Crippen molar-refractivity contribution in [2.75, 3.05) is 5.43 Å². The van der Waals surface area contributed by atoms with Crippen molar-refractivity contribution in [2.24, 2.45) is 0 Å². The third kappa shape index (κ3) is 3.50. The van der Waals surface area contributed by atoms with Crippen molar-refractivity contribution in [3.63, 3.8) is 0 Å². The first-order chi connectivity index (χ1) is 14.4. The van der Waals surface area contributed by atoms with Gasteiger partial charge in [0.2, 0.25) is 0 Å². The molecule has 0 bridgehead atoms. The summed E-state index contributed by atoms with van der Waals surface area (Å²) in [5.74, 6) is -0.671. The number of nitrogens with zero attached hydrogens (tertiary/aromatic N) is 5. The number of halogens is 1. The third-order valence-electron chi connectivity index (χ3n) is 4.34. The Morgan fingerprint density at radius 2 is 2.07 bits per heavy atom. The first-order valence-corrected chi connectivity index (χ1v) is 10.3. The Kier molecular flexibility index (Phi) is 5.18. The molecule has 0 atom stereocenters. The van der Waals surface area contributed by atoms with Gasteiger partial charge in [-0.05, 0) is 51.4 Å². The van der Waals surface area contributed by atoms with Crippen molar-refractivity contribution >= 4 is 49.9 Å². The number of carbonyl (C=O) groups is 1. The minimum atomic E-state index is -0.641. The summed E-state index contributed by atoms with van der Waals surface area (Å²) in [6.45, 7) is 1.28. The fourth-order valence-corrected chi connectivity index (χ4v) is 4.01. The molecule has 0 aliphatic carbocycles. The fraction of sp³-hybridized carbons (Fsp3) is 0.111. The van der Waals surface area contributed by atoms with Crippen LogP contribution in [0, 0.1) is 17.0 Å². The molecule has 3 heterocycles. The van der Waals surface area contributed by atoms with Gasteiger partial charge in [0.05, 0.1) is 26.6 Å². The van der Waals surface area contributed by atoms with E-state index < -0.39 is 16.4 Å². The second kappa shape index (κ2) is 7.80. The molecule has 4 rings (SSSR count). The van der Waals surface area contributed by atoms with E-state index in [0.29, 0.717) is 27.3 Å². The molecule has 12 heteroatoms. The van der Waals surface area contributed by atoms with E-state index in [4.69, 9.17) is 0 Å². The molecule has 0 unspecified atom stereocenters. The van der Waals surface area contributed by atoms with Crippen LogP contribution >= 0.6 is 27.3 Å². The van der Waals surface area contributed by atoms with Crippen LogP contribution in [0.2, 0.25) is 0 Å². The van der Waals surface area contributed by atoms with Crippen molar-refractivity contribution in [1.82, 2.24) is 19.4 Å². The summed E-state index contributed by atoms with van der Waals surface area (Å²) in [4.78, 5) is 41.4. The molecule has 1 N–H and O–H groups in total. The molecule has 0 radical (unpaired) electrons. The predicted molar refractivity (Wildman–Crippen MR) is 115 cm³/mol. The van der Waals surface area contributed by atoms with Crippen molar-refractivity contribution in [1.29, 1.82) is 0 Å². The molecule has 152 valence electrons. The molecule has 30 heavy (non-hydrogen) atoms. The molecule has 0 saturated heterocycles. The van der Waals surface area contributed by atoms with E-state index in [1.807, 2.05) is 11.4 Å². The summed E-state index contributed by atoms with van der Waals surface area (Å²) in [5, 5.41) is 17.1. The molecule has 0 saturated carbocycles. The highest BCUT2D eigenvalue weighted by Gasteiger charge is 2.25. The van der Waals surface area contributed by atoms with E-state index in [2.05, 4.69) is 31.4 Å². The predicted octanol–water partition coefficient (Wildman–Crippen LogP) is 3.07. The Balaban J connectivity index is 1.73. The van der Waals surface area contributed by atoms with E-state index in [9.17, 15) is 19.7 Å². The standard InChI is InChI=1S/C18H13BrN6O4S/c1-10-15(19)17(25(28)29)22-23(10)9-14(26)21-24-16(13-7-4-8-30-13)20-12-6-3-2-5-11(12)18(24)27/h2-8H,9H2,1H3,(H,21,26). The maximum Gasteiger partial charge on any atom is 0.404 e. The van der Waals surface area contributed by atoms with Crippen LogP contribution in [0.25, 0.3) is 21.6 Å². The zero-order chi connectivity index (χ0) is 21.4. The summed E-state index contributed by atoms with van der Waals surface area (Å²) >= 11 is 4.49. The molecule has 1 amide bonds. The number of rotatable bonds is 5.